The maximum absolute atomic E-state index is 12.9. The number of hydrogen-bond donors (Lipinski definition) is 1. The zero-order chi connectivity index (χ0) is 19.0. The lowest BCUT2D eigenvalue weighted by molar-refractivity contribution is 0.186. The summed E-state index contributed by atoms with van der Waals surface area (Å²) in [7, 11) is 1.58. The molecule has 0 saturated carbocycles. The quantitative estimate of drug-likeness (QED) is 0.529. The fraction of sp³-hybridized carbons (Fsp3) is 0.278. The molecule has 0 fully saturated rings. The second kappa shape index (κ2) is 6.76. The third-order valence-corrected chi connectivity index (χ3v) is 4.42. The van der Waals surface area contributed by atoms with Crippen molar-refractivity contribution in [3.63, 3.8) is 0 Å². The highest BCUT2D eigenvalue weighted by Crippen LogP contribution is 2.15. The summed E-state index contributed by atoms with van der Waals surface area (Å²) < 4.78 is 7.92. The van der Waals surface area contributed by atoms with Crippen LogP contribution >= 0.6 is 0 Å². The van der Waals surface area contributed by atoms with Crippen LogP contribution in [0.5, 0.6) is 0 Å². The molecule has 27 heavy (non-hydrogen) atoms. The van der Waals surface area contributed by atoms with Gasteiger partial charge in [0, 0.05) is 32.5 Å². The number of hydrogen-bond acceptors (Lipinski definition) is 6. The number of ether oxygens (including phenoxy) is 1. The van der Waals surface area contributed by atoms with E-state index < -0.39 is 0 Å². The summed E-state index contributed by atoms with van der Waals surface area (Å²) in [5, 5.41) is 7.60. The summed E-state index contributed by atoms with van der Waals surface area (Å²) in [6, 6.07) is 5.07. The van der Waals surface area contributed by atoms with Gasteiger partial charge in [-0.05, 0) is 18.2 Å². The predicted molar refractivity (Wildman–Crippen MR) is 100 cm³/mol. The van der Waals surface area contributed by atoms with Crippen LogP contribution in [0.2, 0.25) is 0 Å². The molecule has 4 rings (SSSR count). The van der Waals surface area contributed by atoms with Gasteiger partial charge in [0.2, 0.25) is 0 Å². The molecule has 0 atom stereocenters. The Bertz CT molecular complexity index is 1250. The minimum Gasteiger partial charge on any atom is -0.383 e. The normalized spacial score (nSPS) is 11.5. The number of methoxy groups -OCH3 is 1. The van der Waals surface area contributed by atoms with Gasteiger partial charge in [0.05, 0.1) is 28.4 Å². The van der Waals surface area contributed by atoms with E-state index in [9.17, 15) is 9.59 Å². The first kappa shape index (κ1) is 17.1. The molecule has 0 bridgehead atoms. The minimum atomic E-state index is -0.324. The molecule has 0 saturated heterocycles. The Morgan fingerprint density at radius 2 is 1.81 bits per heavy atom. The first-order valence-electron chi connectivity index (χ1n) is 8.58. The molecule has 0 aliphatic rings. The van der Waals surface area contributed by atoms with Gasteiger partial charge in [0.25, 0.3) is 17.1 Å². The van der Waals surface area contributed by atoms with Gasteiger partial charge in [-0.15, -0.1) is 5.10 Å². The molecule has 9 heteroatoms. The molecule has 0 aliphatic heterocycles. The smallest absolute Gasteiger partial charge is 0.267 e. The van der Waals surface area contributed by atoms with E-state index in [-0.39, 0.29) is 17.1 Å². The van der Waals surface area contributed by atoms with Crippen LogP contribution in [0, 0.1) is 0 Å². The predicted octanol–water partition coefficient (Wildman–Crippen LogP) is 1.03. The SMILES string of the molecule is CCc1nc(-n2ccc3nc4ccn(CCOC)c(=O)c4cc3c2=O)n[nH]1. The minimum absolute atomic E-state index is 0.208. The van der Waals surface area contributed by atoms with Gasteiger partial charge in [-0.25, -0.2) is 9.55 Å². The summed E-state index contributed by atoms with van der Waals surface area (Å²) >= 11 is 0. The first-order chi connectivity index (χ1) is 13.1. The van der Waals surface area contributed by atoms with Crippen molar-refractivity contribution in [2.24, 2.45) is 0 Å². The van der Waals surface area contributed by atoms with E-state index in [0.29, 0.717) is 47.2 Å². The second-order valence-corrected chi connectivity index (χ2v) is 6.09. The highest BCUT2D eigenvalue weighted by atomic mass is 16.5. The molecule has 0 spiro atoms. The average Bonchev–Trinajstić information content (AvgIpc) is 3.16. The molecule has 9 nitrogen and oxygen atoms in total. The van der Waals surface area contributed by atoms with Crippen LogP contribution in [0.1, 0.15) is 12.7 Å². The summed E-state index contributed by atoms with van der Waals surface area (Å²) in [4.78, 5) is 34.4. The van der Waals surface area contributed by atoms with E-state index in [1.165, 1.54) is 4.57 Å². The molecular formula is C18H18N6O3. The lowest BCUT2D eigenvalue weighted by Gasteiger charge is -2.08. The Kier molecular flexibility index (Phi) is 4.28. The van der Waals surface area contributed by atoms with Gasteiger partial charge < -0.3 is 9.30 Å². The number of aromatic amines is 1. The number of nitrogens with zero attached hydrogens (tertiary/aromatic N) is 5. The van der Waals surface area contributed by atoms with Crippen LogP contribution < -0.4 is 11.1 Å². The Morgan fingerprint density at radius 1 is 1.07 bits per heavy atom. The third kappa shape index (κ3) is 2.91. The van der Waals surface area contributed by atoms with Crippen molar-refractivity contribution in [2.75, 3.05) is 13.7 Å². The van der Waals surface area contributed by atoms with Crippen LogP contribution in [-0.4, -0.2) is 43.0 Å². The van der Waals surface area contributed by atoms with Crippen molar-refractivity contribution in [3.8, 4) is 5.95 Å². The average molecular weight is 366 g/mol. The lowest BCUT2D eigenvalue weighted by atomic mass is 10.2. The van der Waals surface area contributed by atoms with E-state index in [4.69, 9.17) is 4.74 Å². The van der Waals surface area contributed by atoms with Crippen molar-refractivity contribution in [2.45, 2.75) is 19.9 Å². The van der Waals surface area contributed by atoms with Crippen LogP contribution in [-0.2, 0) is 17.7 Å². The zero-order valence-corrected chi connectivity index (χ0v) is 15.0. The Balaban J connectivity index is 1.92. The summed E-state index contributed by atoms with van der Waals surface area (Å²) in [6.45, 7) is 2.79. The van der Waals surface area contributed by atoms with Crippen molar-refractivity contribution >= 4 is 21.8 Å². The fourth-order valence-electron chi connectivity index (χ4n) is 2.94. The Labute approximate surface area is 153 Å². The van der Waals surface area contributed by atoms with Crippen molar-refractivity contribution < 1.29 is 4.74 Å². The summed E-state index contributed by atoms with van der Waals surface area (Å²) in [5.74, 6) is 0.957. The zero-order valence-electron chi connectivity index (χ0n) is 15.0. The summed E-state index contributed by atoms with van der Waals surface area (Å²) in [6.07, 6.45) is 3.96. The van der Waals surface area contributed by atoms with Crippen LogP contribution in [0.25, 0.3) is 27.8 Å². The monoisotopic (exact) mass is 366 g/mol. The number of rotatable bonds is 5. The van der Waals surface area contributed by atoms with E-state index in [0.717, 1.165) is 0 Å². The molecule has 4 aromatic rings. The molecule has 0 aliphatic carbocycles. The number of aromatic nitrogens is 6. The number of H-pyrrole nitrogens is 1. The molecule has 0 unspecified atom stereocenters. The highest BCUT2D eigenvalue weighted by molar-refractivity contribution is 5.91. The van der Waals surface area contributed by atoms with Gasteiger partial charge in [-0.1, -0.05) is 6.92 Å². The maximum atomic E-state index is 12.9. The van der Waals surface area contributed by atoms with E-state index in [1.807, 2.05) is 6.92 Å². The molecule has 0 aromatic carbocycles. The van der Waals surface area contributed by atoms with Crippen molar-refractivity contribution in [3.05, 3.63) is 57.1 Å². The van der Waals surface area contributed by atoms with E-state index >= 15 is 0 Å². The number of pyridine rings is 3. The molecular weight excluding hydrogens is 348 g/mol. The molecule has 138 valence electrons. The second-order valence-electron chi connectivity index (χ2n) is 6.09. The highest BCUT2D eigenvalue weighted by Gasteiger charge is 2.12. The Hall–Kier alpha value is -3.33. The summed E-state index contributed by atoms with van der Waals surface area (Å²) in [5.41, 5.74) is 0.531. The lowest BCUT2D eigenvalue weighted by Crippen LogP contribution is -2.23. The van der Waals surface area contributed by atoms with Gasteiger partial charge in [0.1, 0.15) is 5.82 Å². The Morgan fingerprint density at radius 3 is 2.52 bits per heavy atom. The molecule has 0 amide bonds. The maximum Gasteiger partial charge on any atom is 0.267 e. The third-order valence-electron chi connectivity index (χ3n) is 4.42. The van der Waals surface area contributed by atoms with Gasteiger partial charge >= 0.3 is 0 Å². The van der Waals surface area contributed by atoms with E-state index in [2.05, 4.69) is 20.2 Å². The standard InChI is InChI=1S/C18H18N6O3/c1-3-15-20-18(22-21-15)24-7-5-14-12(17(24)26)10-11-13(19-14)4-6-23(16(11)25)8-9-27-2/h4-7,10H,3,8-9H2,1-2H3,(H,20,21,22). The molecule has 4 aromatic heterocycles. The van der Waals surface area contributed by atoms with Crippen LogP contribution in [0.4, 0.5) is 0 Å². The topological polar surface area (TPSA) is 108 Å². The van der Waals surface area contributed by atoms with Crippen LogP contribution in [0.15, 0.2) is 40.2 Å². The van der Waals surface area contributed by atoms with Crippen molar-refractivity contribution in [1.82, 2.24) is 29.3 Å². The van der Waals surface area contributed by atoms with Gasteiger partial charge in [-0.3, -0.25) is 14.7 Å². The number of fused-ring (bicyclic) bond motifs is 2. The largest absolute Gasteiger partial charge is 0.383 e. The van der Waals surface area contributed by atoms with Crippen LogP contribution in [0.3, 0.4) is 0 Å². The van der Waals surface area contributed by atoms with Gasteiger partial charge in [0.15, 0.2) is 0 Å². The number of aryl methyl sites for hydroxylation is 1. The number of nitrogens with one attached hydrogen (secondary N) is 1. The molecule has 0 radical (unpaired) electrons. The molecule has 1 N–H and O–H groups in total. The van der Waals surface area contributed by atoms with Crippen molar-refractivity contribution in [1.29, 1.82) is 0 Å². The first-order valence-corrected chi connectivity index (χ1v) is 8.58. The fourth-order valence-corrected chi connectivity index (χ4v) is 2.94. The van der Waals surface area contributed by atoms with E-state index in [1.54, 1.807) is 42.3 Å². The molecule has 4 heterocycles. The van der Waals surface area contributed by atoms with Gasteiger partial charge in [-0.2, -0.15) is 4.98 Å².